The zero-order valence-corrected chi connectivity index (χ0v) is 31.5. The highest BCUT2D eigenvalue weighted by atomic mass is 31.2. The topological polar surface area (TPSA) is 119 Å². The van der Waals surface area contributed by atoms with Crippen LogP contribution < -0.4 is 0 Å². The third-order valence-electron chi connectivity index (χ3n) is 8.16. The fourth-order valence-corrected chi connectivity index (χ4v) is 5.63. The standard InChI is InChI=1S/C39H71O8P/c1-3-5-7-9-11-13-15-17-18-19-20-22-23-25-27-29-31-33-38(40)45-35-37(36-46-48(42,43)44)47-39(41)34-32-30-28-26-24-21-16-14-12-10-8-6-4-2/h17-18,20,22,25,27,37H,3-16,19,21,23-24,26,28-36H2,1-2H3,(H2,42,43,44)/b18-17-,22-20-,27-25-/t37-/m1/s1. The van der Waals surface area contributed by atoms with Gasteiger partial charge in [-0.25, -0.2) is 4.57 Å². The van der Waals surface area contributed by atoms with Crippen LogP contribution in [0.4, 0.5) is 0 Å². The Morgan fingerprint density at radius 1 is 0.542 bits per heavy atom. The molecule has 0 aliphatic rings. The van der Waals surface area contributed by atoms with Gasteiger partial charge in [0.25, 0.3) is 0 Å². The fourth-order valence-electron chi connectivity index (χ4n) is 5.27. The smallest absolute Gasteiger partial charge is 0.462 e. The largest absolute Gasteiger partial charge is 0.469 e. The second-order valence-corrected chi connectivity index (χ2v) is 14.1. The summed E-state index contributed by atoms with van der Waals surface area (Å²) >= 11 is 0. The molecule has 0 heterocycles. The average molecular weight is 699 g/mol. The van der Waals surface area contributed by atoms with Crippen LogP contribution in [-0.2, 0) is 28.2 Å². The highest BCUT2D eigenvalue weighted by Gasteiger charge is 2.22. The second-order valence-electron chi connectivity index (χ2n) is 12.9. The highest BCUT2D eigenvalue weighted by Crippen LogP contribution is 2.36. The number of phosphoric acid groups is 1. The molecule has 0 aromatic rings. The lowest BCUT2D eigenvalue weighted by Crippen LogP contribution is -2.29. The molecule has 0 unspecified atom stereocenters. The third kappa shape index (κ3) is 37.1. The zero-order chi connectivity index (χ0) is 35.4. The summed E-state index contributed by atoms with van der Waals surface area (Å²) in [4.78, 5) is 42.7. The summed E-state index contributed by atoms with van der Waals surface area (Å²) < 4.78 is 26.3. The fraction of sp³-hybridized carbons (Fsp3) is 0.795. The second kappa shape index (κ2) is 35.1. The van der Waals surface area contributed by atoms with E-state index < -0.39 is 32.5 Å². The van der Waals surface area contributed by atoms with Gasteiger partial charge in [0.05, 0.1) is 6.61 Å². The molecule has 0 saturated heterocycles. The van der Waals surface area contributed by atoms with Gasteiger partial charge in [-0.3, -0.25) is 14.1 Å². The van der Waals surface area contributed by atoms with Gasteiger partial charge in [-0.2, -0.15) is 0 Å². The lowest BCUT2D eigenvalue weighted by atomic mass is 10.0. The van der Waals surface area contributed by atoms with Crippen LogP contribution in [0.3, 0.4) is 0 Å². The van der Waals surface area contributed by atoms with Crippen molar-refractivity contribution >= 4 is 19.8 Å². The van der Waals surface area contributed by atoms with Crippen molar-refractivity contribution in [2.24, 2.45) is 0 Å². The van der Waals surface area contributed by atoms with Crippen molar-refractivity contribution in [1.29, 1.82) is 0 Å². The van der Waals surface area contributed by atoms with E-state index in [2.05, 4.69) is 48.8 Å². The van der Waals surface area contributed by atoms with Crippen molar-refractivity contribution in [3.63, 3.8) is 0 Å². The molecule has 48 heavy (non-hydrogen) atoms. The minimum atomic E-state index is -4.76. The first-order valence-electron chi connectivity index (χ1n) is 19.3. The molecular formula is C39H71O8P. The molecule has 280 valence electrons. The van der Waals surface area contributed by atoms with E-state index in [1.54, 1.807) is 0 Å². The van der Waals surface area contributed by atoms with E-state index in [1.165, 1.54) is 96.3 Å². The van der Waals surface area contributed by atoms with Crippen LogP contribution in [0.5, 0.6) is 0 Å². The minimum absolute atomic E-state index is 0.197. The summed E-state index contributed by atoms with van der Waals surface area (Å²) in [5.74, 6) is -0.943. The van der Waals surface area contributed by atoms with Crippen molar-refractivity contribution in [2.75, 3.05) is 13.2 Å². The SMILES string of the molecule is CCCCCCCC/C=C\C/C=C\C/C=C\CCCC(=O)OC[C@H](COP(=O)(O)O)OC(=O)CCCCCCCCCCCCCCC. The summed E-state index contributed by atoms with van der Waals surface area (Å²) in [7, 11) is -4.76. The molecule has 2 N–H and O–H groups in total. The maximum atomic E-state index is 12.3. The number of phosphoric ester groups is 1. The minimum Gasteiger partial charge on any atom is -0.462 e. The maximum Gasteiger partial charge on any atom is 0.469 e. The number of carbonyl (C=O) groups is 2. The Kier molecular flexibility index (Phi) is 33.8. The number of rotatable bonds is 35. The van der Waals surface area contributed by atoms with Crippen molar-refractivity contribution in [3.05, 3.63) is 36.5 Å². The van der Waals surface area contributed by atoms with E-state index in [0.717, 1.165) is 44.9 Å². The molecule has 0 aromatic heterocycles. The molecule has 0 aliphatic carbocycles. The third-order valence-corrected chi connectivity index (χ3v) is 8.65. The van der Waals surface area contributed by atoms with Crippen LogP contribution >= 0.6 is 7.82 Å². The summed E-state index contributed by atoms with van der Waals surface area (Å²) in [5.41, 5.74) is 0. The van der Waals surface area contributed by atoms with Crippen LogP contribution in [0.25, 0.3) is 0 Å². The number of esters is 2. The lowest BCUT2D eigenvalue weighted by molar-refractivity contribution is -0.161. The molecule has 0 fully saturated rings. The highest BCUT2D eigenvalue weighted by molar-refractivity contribution is 7.46. The van der Waals surface area contributed by atoms with E-state index >= 15 is 0 Å². The van der Waals surface area contributed by atoms with Gasteiger partial charge in [0.15, 0.2) is 6.10 Å². The summed E-state index contributed by atoms with van der Waals surface area (Å²) in [6.45, 7) is 3.63. The Bertz CT molecular complexity index is 879. The van der Waals surface area contributed by atoms with Gasteiger partial charge in [-0.15, -0.1) is 0 Å². The first kappa shape index (κ1) is 46.3. The Morgan fingerprint density at radius 3 is 1.46 bits per heavy atom. The molecule has 1 atom stereocenters. The lowest BCUT2D eigenvalue weighted by Gasteiger charge is -2.18. The van der Waals surface area contributed by atoms with E-state index in [4.69, 9.17) is 19.3 Å². The van der Waals surface area contributed by atoms with E-state index in [9.17, 15) is 14.2 Å². The molecule has 0 saturated carbocycles. The number of carbonyl (C=O) groups excluding carboxylic acids is 2. The quantitative estimate of drug-likeness (QED) is 0.0290. The molecule has 0 rings (SSSR count). The van der Waals surface area contributed by atoms with E-state index in [0.29, 0.717) is 12.8 Å². The molecule has 0 amide bonds. The number of hydrogen-bond donors (Lipinski definition) is 2. The van der Waals surface area contributed by atoms with Gasteiger partial charge in [0.1, 0.15) is 6.61 Å². The van der Waals surface area contributed by atoms with E-state index in [-0.39, 0.29) is 19.4 Å². The number of hydrogen-bond acceptors (Lipinski definition) is 6. The van der Waals surface area contributed by atoms with Crippen LogP contribution in [0.15, 0.2) is 36.5 Å². The Labute approximate surface area is 293 Å². The normalized spacial score (nSPS) is 12.8. The van der Waals surface area contributed by atoms with Crippen molar-refractivity contribution < 1.29 is 37.9 Å². The first-order chi connectivity index (χ1) is 23.3. The molecule has 8 nitrogen and oxygen atoms in total. The molecule has 0 spiro atoms. The van der Waals surface area contributed by atoms with Crippen LogP contribution in [-0.4, -0.2) is 41.0 Å². The average Bonchev–Trinajstić information content (AvgIpc) is 3.05. The van der Waals surface area contributed by atoms with Gasteiger partial charge >= 0.3 is 19.8 Å². The Balaban J connectivity index is 4.04. The van der Waals surface area contributed by atoms with Gasteiger partial charge in [0, 0.05) is 12.8 Å². The van der Waals surface area contributed by atoms with Gasteiger partial charge in [-0.05, 0) is 44.9 Å². The monoisotopic (exact) mass is 698 g/mol. The summed E-state index contributed by atoms with van der Waals surface area (Å²) in [6.07, 6.45) is 40.1. The number of allylic oxidation sites excluding steroid dienone is 6. The predicted molar refractivity (Wildman–Crippen MR) is 198 cm³/mol. The van der Waals surface area contributed by atoms with Crippen LogP contribution in [0, 0.1) is 0 Å². The molecule has 0 radical (unpaired) electrons. The predicted octanol–water partition coefficient (Wildman–Crippen LogP) is 11.4. The van der Waals surface area contributed by atoms with Gasteiger partial charge in [0.2, 0.25) is 0 Å². The van der Waals surface area contributed by atoms with Crippen molar-refractivity contribution in [3.8, 4) is 0 Å². The summed E-state index contributed by atoms with van der Waals surface area (Å²) in [5, 5.41) is 0. The number of ether oxygens (including phenoxy) is 2. The Morgan fingerprint density at radius 2 is 0.958 bits per heavy atom. The van der Waals surface area contributed by atoms with Crippen molar-refractivity contribution in [2.45, 2.75) is 187 Å². The van der Waals surface area contributed by atoms with Crippen LogP contribution in [0.1, 0.15) is 181 Å². The van der Waals surface area contributed by atoms with E-state index in [1.807, 2.05) is 6.08 Å². The summed E-state index contributed by atoms with van der Waals surface area (Å²) in [6, 6.07) is 0. The number of unbranched alkanes of at least 4 members (excludes halogenated alkanes) is 19. The molecular weight excluding hydrogens is 627 g/mol. The van der Waals surface area contributed by atoms with Crippen molar-refractivity contribution in [1.82, 2.24) is 0 Å². The Hall–Kier alpha value is -1.73. The zero-order valence-electron chi connectivity index (χ0n) is 30.6. The molecule has 0 aliphatic heterocycles. The molecule has 0 aromatic carbocycles. The van der Waals surface area contributed by atoms with Gasteiger partial charge < -0.3 is 19.3 Å². The maximum absolute atomic E-state index is 12.3. The molecule has 9 heteroatoms. The molecule has 0 bridgehead atoms. The van der Waals surface area contributed by atoms with Gasteiger partial charge in [-0.1, -0.05) is 159 Å². The first-order valence-corrected chi connectivity index (χ1v) is 20.8. The van der Waals surface area contributed by atoms with Crippen LogP contribution in [0.2, 0.25) is 0 Å².